The Morgan fingerprint density at radius 3 is 2.56 bits per heavy atom. The van der Waals surface area contributed by atoms with Crippen LogP contribution in [0.1, 0.15) is 89.4 Å². The van der Waals surface area contributed by atoms with Crippen molar-refractivity contribution in [2.75, 3.05) is 12.4 Å². The zero-order chi connectivity index (χ0) is 25.8. The summed E-state index contributed by atoms with van der Waals surface area (Å²) in [5, 5.41) is 2.74. The normalized spacial score (nSPS) is 38.4. The largest absolute Gasteiger partial charge is 0.459 e. The van der Waals surface area contributed by atoms with Gasteiger partial charge in [0.1, 0.15) is 6.10 Å². The Bertz CT molecular complexity index is 1060. The summed E-state index contributed by atoms with van der Waals surface area (Å²) in [6.07, 6.45) is 8.58. The second-order valence-corrected chi connectivity index (χ2v) is 12.6. The van der Waals surface area contributed by atoms with Gasteiger partial charge in [-0.25, -0.2) is 4.79 Å². The van der Waals surface area contributed by atoms with Gasteiger partial charge in [0, 0.05) is 38.0 Å². The molecule has 8 atom stereocenters. The molecular weight excluding hydrogens is 452 g/mol. The number of hydrogen-bond acceptors (Lipinski definition) is 4. The highest BCUT2D eigenvalue weighted by molar-refractivity contribution is 5.93. The van der Waals surface area contributed by atoms with Crippen LogP contribution in [-0.2, 0) is 14.3 Å². The zero-order valence-electron chi connectivity index (χ0n) is 22.5. The summed E-state index contributed by atoms with van der Waals surface area (Å²) in [6.45, 7) is 8.45. The first-order valence-corrected chi connectivity index (χ1v) is 13.9. The van der Waals surface area contributed by atoms with Gasteiger partial charge in [-0.1, -0.05) is 19.9 Å². The third kappa shape index (κ3) is 4.05. The maximum Gasteiger partial charge on any atom is 0.338 e. The molecule has 5 rings (SSSR count). The number of ether oxygens (including phenoxy) is 1. The van der Waals surface area contributed by atoms with Gasteiger partial charge in [-0.2, -0.15) is 0 Å². The highest BCUT2D eigenvalue weighted by Crippen LogP contribution is 2.66. The number of anilines is 1. The van der Waals surface area contributed by atoms with Crippen molar-refractivity contribution in [1.29, 1.82) is 0 Å². The molecule has 1 saturated heterocycles. The number of nitrogens with one attached hydrogen (secondary N) is 1. The van der Waals surface area contributed by atoms with Gasteiger partial charge in [-0.3, -0.25) is 9.59 Å². The molecule has 0 spiro atoms. The van der Waals surface area contributed by atoms with Gasteiger partial charge in [0.15, 0.2) is 0 Å². The number of carbonyl (C=O) groups is 3. The van der Waals surface area contributed by atoms with Crippen molar-refractivity contribution in [1.82, 2.24) is 4.90 Å². The number of fused-ring (bicyclic) bond motifs is 5. The molecular formula is C30H42N2O4. The molecule has 1 heterocycles. The Morgan fingerprint density at radius 1 is 1.06 bits per heavy atom. The van der Waals surface area contributed by atoms with Crippen molar-refractivity contribution < 1.29 is 19.1 Å². The van der Waals surface area contributed by atoms with E-state index in [1.165, 1.54) is 32.6 Å². The second kappa shape index (κ2) is 9.18. The van der Waals surface area contributed by atoms with Gasteiger partial charge in [-0.05, 0) is 98.7 Å². The number of likely N-dealkylation sites (tertiary alicyclic amines) is 1. The van der Waals surface area contributed by atoms with E-state index in [2.05, 4.69) is 31.0 Å². The molecule has 6 nitrogen and oxygen atoms in total. The maximum atomic E-state index is 13.0. The lowest BCUT2D eigenvalue weighted by Gasteiger charge is -2.62. The highest BCUT2D eigenvalue weighted by atomic mass is 16.5. The minimum Gasteiger partial charge on any atom is -0.459 e. The zero-order valence-corrected chi connectivity index (χ0v) is 22.5. The Kier molecular flexibility index (Phi) is 6.45. The molecule has 0 radical (unpaired) electrons. The minimum atomic E-state index is -0.321. The Labute approximate surface area is 215 Å². The Morgan fingerprint density at radius 2 is 1.81 bits per heavy atom. The highest BCUT2D eigenvalue weighted by Gasteiger charge is 2.61. The molecule has 4 fully saturated rings. The summed E-state index contributed by atoms with van der Waals surface area (Å²) in [4.78, 5) is 38.9. The molecule has 2 unspecified atom stereocenters. The van der Waals surface area contributed by atoms with E-state index >= 15 is 0 Å². The second-order valence-electron chi connectivity index (χ2n) is 12.6. The van der Waals surface area contributed by atoms with Gasteiger partial charge in [-0.15, -0.1) is 0 Å². The molecule has 1 aromatic carbocycles. The smallest absolute Gasteiger partial charge is 0.338 e. The van der Waals surface area contributed by atoms with Crippen molar-refractivity contribution in [3.8, 4) is 0 Å². The Balaban J connectivity index is 1.29. The SMILES string of the molecule is CC(=O)Nc1cccc(C(=O)OC(C)[C@H]2CC[C@H]3[C@@H]4CCC5N(C)C(=O)CC[C@]5(C)[C@H]4CC[C@]23C)c1. The van der Waals surface area contributed by atoms with Crippen molar-refractivity contribution >= 4 is 23.5 Å². The first-order valence-electron chi connectivity index (χ1n) is 13.9. The van der Waals surface area contributed by atoms with Gasteiger partial charge in [0.2, 0.25) is 11.8 Å². The summed E-state index contributed by atoms with van der Waals surface area (Å²) in [7, 11) is 2.02. The molecule has 196 valence electrons. The molecule has 0 aromatic heterocycles. The number of hydrogen-bond donors (Lipinski definition) is 1. The topological polar surface area (TPSA) is 75.7 Å². The predicted octanol–water partition coefficient (Wildman–Crippen LogP) is 5.67. The van der Waals surface area contributed by atoms with E-state index in [-0.39, 0.29) is 28.8 Å². The summed E-state index contributed by atoms with van der Waals surface area (Å²) >= 11 is 0. The van der Waals surface area contributed by atoms with Gasteiger partial charge >= 0.3 is 5.97 Å². The molecule has 1 aromatic rings. The molecule has 3 saturated carbocycles. The van der Waals surface area contributed by atoms with Crippen LogP contribution in [0.15, 0.2) is 24.3 Å². The Hall–Kier alpha value is -2.37. The van der Waals surface area contributed by atoms with Gasteiger partial charge in [0.05, 0.1) is 5.56 Å². The number of nitrogens with zero attached hydrogens (tertiary/aromatic N) is 1. The van der Waals surface area contributed by atoms with Crippen LogP contribution in [-0.4, -0.2) is 41.9 Å². The first kappa shape index (κ1) is 25.3. The quantitative estimate of drug-likeness (QED) is 0.547. The van der Waals surface area contributed by atoms with Crippen LogP contribution in [0.25, 0.3) is 0 Å². The summed E-state index contributed by atoms with van der Waals surface area (Å²) in [5.74, 6) is 2.23. The van der Waals surface area contributed by atoms with Crippen LogP contribution in [0.4, 0.5) is 5.69 Å². The third-order valence-corrected chi connectivity index (χ3v) is 10.9. The van der Waals surface area contributed by atoms with Gasteiger partial charge in [0.25, 0.3) is 0 Å². The van der Waals surface area contributed by atoms with E-state index in [0.29, 0.717) is 53.3 Å². The van der Waals surface area contributed by atoms with Crippen LogP contribution in [0, 0.1) is 34.5 Å². The van der Waals surface area contributed by atoms with Crippen molar-refractivity contribution in [2.24, 2.45) is 34.5 Å². The van der Waals surface area contributed by atoms with Crippen LogP contribution in [0.2, 0.25) is 0 Å². The van der Waals surface area contributed by atoms with E-state index in [1.54, 1.807) is 24.3 Å². The van der Waals surface area contributed by atoms with E-state index in [1.807, 2.05) is 7.05 Å². The molecule has 2 amide bonds. The van der Waals surface area contributed by atoms with Crippen molar-refractivity contribution in [2.45, 2.75) is 91.2 Å². The molecule has 0 bridgehead atoms. The maximum absolute atomic E-state index is 13.0. The molecule has 1 N–H and O–H groups in total. The van der Waals surface area contributed by atoms with Gasteiger partial charge < -0.3 is 15.0 Å². The van der Waals surface area contributed by atoms with Crippen LogP contribution in [0.5, 0.6) is 0 Å². The van der Waals surface area contributed by atoms with Crippen LogP contribution >= 0.6 is 0 Å². The fourth-order valence-corrected chi connectivity index (χ4v) is 9.21. The number of benzene rings is 1. The molecule has 1 aliphatic heterocycles. The molecule has 3 aliphatic carbocycles. The van der Waals surface area contributed by atoms with E-state index < -0.39 is 0 Å². The molecule has 36 heavy (non-hydrogen) atoms. The summed E-state index contributed by atoms with van der Waals surface area (Å²) < 4.78 is 6.07. The van der Waals surface area contributed by atoms with Crippen LogP contribution < -0.4 is 5.32 Å². The third-order valence-electron chi connectivity index (χ3n) is 10.9. The first-order chi connectivity index (χ1) is 17.0. The van der Waals surface area contributed by atoms with Crippen molar-refractivity contribution in [3.63, 3.8) is 0 Å². The fraction of sp³-hybridized carbons (Fsp3) is 0.700. The molecule has 4 aliphatic rings. The number of amides is 2. The molecule has 6 heteroatoms. The number of carbonyl (C=O) groups excluding carboxylic acids is 3. The lowest BCUT2D eigenvalue weighted by Crippen LogP contribution is -2.61. The minimum absolute atomic E-state index is 0.154. The lowest BCUT2D eigenvalue weighted by atomic mass is 9.46. The number of rotatable bonds is 4. The van der Waals surface area contributed by atoms with E-state index in [0.717, 1.165) is 19.3 Å². The number of esters is 1. The van der Waals surface area contributed by atoms with Crippen molar-refractivity contribution in [3.05, 3.63) is 29.8 Å². The van der Waals surface area contributed by atoms with E-state index in [4.69, 9.17) is 4.74 Å². The summed E-state index contributed by atoms with van der Waals surface area (Å²) in [6, 6.07) is 7.36. The fourth-order valence-electron chi connectivity index (χ4n) is 9.21. The lowest BCUT2D eigenvalue weighted by molar-refractivity contribution is -0.159. The summed E-state index contributed by atoms with van der Waals surface area (Å²) in [5.41, 5.74) is 1.48. The predicted molar refractivity (Wildman–Crippen MR) is 139 cm³/mol. The van der Waals surface area contributed by atoms with Crippen LogP contribution in [0.3, 0.4) is 0 Å². The average molecular weight is 495 g/mol. The standard InChI is InChI=1S/C30H42N2O4/c1-18(36-28(35)20-7-6-8-21(17-20)31-19(2)33)23-10-11-24-22-9-12-26-30(4,16-14-27(34)32(26)5)25(22)13-15-29(23,24)3/h6-8,17-18,22-26H,9-16H2,1-5H3,(H,31,33)/t18?,22-,23+,24-,25-,26?,29+,30+/m0/s1. The average Bonchev–Trinajstić information content (AvgIpc) is 3.19. The monoisotopic (exact) mass is 494 g/mol. The van der Waals surface area contributed by atoms with E-state index in [9.17, 15) is 14.4 Å². The number of piperidine rings is 1.